The van der Waals surface area contributed by atoms with E-state index in [1.54, 1.807) is 6.92 Å². The lowest BCUT2D eigenvalue weighted by atomic mass is 9.95. The van der Waals surface area contributed by atoms with E-state index in [1.807, 2.05) is 20.8 Å². The minimum atomic E-state index is -0.481. The molecule has 0 spiro atoms. The average molecular weight is 297 g/mol. The van der Waals surface area contributed by atoms with Crippen LogP contribution in [0.2, 0.25) is 0 Å². The van der Waals surface area contributed by atoms with Crippen molar-refractivity contribution < 1.29 is 9.59 Å². The molecule has 1 rings (SSSR count). The predicted octanol–water partition coefficient (Wildman–Crippen LogP) is 1.53. The van der Waals surface area contributed by atoms with E-state index in [0.29, 0.717) is 0 Å². The number of carbonyl (C=O) groups excluding carboxylic acids is 2. The molecule has 1 heterocycles. The second-order valence-electron chi connectivity index (χ2n) is 7.07. The van der Waals surface area contributed by atoms with E-state index >= 15 is 0 Å². The van der Waals surface area contributed by atoms with Gasteiger partial charge in [-0.1, -0.05) is 27.7 Å². The number of nitrogens with zero attached hydrogens (tertiary/aromatic N) is 1. The Bertz CT molecular complexity index is 355. The van der Waals surface area contributed by atoms with Crippen LogP contribution in [0.15, 0.2) is 0 Å². The first-order valence-corrected chi connectivity index (χ1v) is 8.07. The Morgan fingerprint density at radius 3 is 2.29 bits per heavy atom. The molecule has 5 heteroatoms. The Morgan fingerprint density at radius 2 is 1.81 bits per heavy atom. The fourth-order valence-electron chi connectivity index (χ4n) is 2.42. The van der Waals surface area contributed by atoms with Gasteiger partial charge in [-0.3, -0.25) is 9.59 Å². The van der Waals surface area contributed by atoms with Crippen molar-refractivity contribution in [3.8, 4) is 0 Å². The van der Waals surface area contributed by atoms with Gasteiger partial charge >= 0.3 is 0 Å². The predicted molar refractivity (Wildman–Crippen MR) is 85.0 cm³/mol. The Kier molecular flexibility index (Phi) is 6.65. The van der Waals surface area contributed by atoms with Crippen LogP contribution in [0.1, 0.15) is 53.9 Å². The van der Waals surface area contributed by atoms with E-state index in [4.69, 9.17) is 0 Å². The van der Waals surface area contributed by atoms with Crippen molar-refractivity contribution in [2.24, 2.45) is 5.41 Å². The monoisotopic (exact) mass is 297 g/mol. The number of piperidine rings is 1. The molecule has 1 aliphatic rings. The number of rotatable bonds is 5. The Morgan fingerprint density at radius 1 is 1.24 bits per heavy atom. The summed E-state index contributed by atoms with van der Waals surface area (Å²) < 4.78 is 0. The van der Waals surface area contributed by atoms with Crippen molar-refractivity contribution in [1.82, 2.24) is 15.5 Å². The van der Waals surface area contributed by atoms with Crippen molar-refractivity contribution in [3.63, 3.8) is 0 Å². The normalized spacial score (nSPS) is 19.1. The van der Waals surface area contributed by atoms with Gasteiger partial charge in [0.1, 0.15) is 6.04 Å². The van der Waals surface area contributed by atoms with Gasteiger partial charge in [0, 0.05) is 24.5 Å². The zero-order valence-electron chi connectivity index (χ0n) is 14.2. The fourth-order valence-corrected chi connectivity index (χ4v) is 2.42. The van der Waals surface area contributed by atoms with Crippen LogP contribution >= 0.6 is 0 Å². The molecule has 1 aliphatic heterocycles. The van der Waals surface area contributed by atoms with Crippen molar-refractivity contribution in [3.05, 3.63) is 0 Å². The van der Waals surface area contributed by atoms with Crippen molar-refractivity contribution >= 4 is 11.8 Å². The molecule has 2 N–H and O–H groups in total. The molecule has 0 saturated carbocycles. The highest BCUT2D eigenvalue weighted by Gasteiger charge is 2.27. The molecule has 21 heavy (non-hydrogen) atoms. The summed E-state index contributed by atoms with van der Waals surface area (Å²) in [6.45, 7) is 12.7. The molecule has 0 radical (unpaired) electrons. The fraction of sp³-hybridized carbons (Fsp3) is 0.875. The smallest absolute Gasteiger partial charge is 0.242 e. The highest BCUT2D eigenvalue weighted by atomic mass is 16.2. The first-order chi connectivity index (χ1) is 9.74. The molecule has 0 aromatic carbocycles. The van der Waals surface area contributed by atoms with Gasteiger partial charge in [-0.05, 0) is 32.7 Å². The van der Waals surface area contributed by atoms with Gasteiger partial charge in [0.25, 0.3) is 0 Å². The molecule has 2 amide bonds. The molecule has 0 aliphatic carbocycles. The highest BCUT2D eigenvalue weighted by Crippen LogP contribution is 2.13. The van der Waals surface area contributed by atoms with Gasteiger partial charge in [-0.2, -0.15) is 0 Å². The molecule has 0 bridgehead atoms. The van der Waals surface area contributed by atoms with E-state index in [-0.39, 0.29) is 17.9 Å². The zero-order chi connectivity index (χ0) is 16.0. The number of carbonyl (C=O) groups is 2. The third-order valence-electron chi connectivity index (χ3n) is 3.90. The van der Waals surface area contributed by atoms with Gasteiger partial charge in [-0.15, -0.1) is 0 Å². The minimum absolute atomic E-state index is 0.0819. The molecule has 1 fully saturated rings. The van der Waals surface area contributed by atoms with Gasteiger partial charge in [0.2, 0.25) is 11.8 Å². The van der Waals surface area contributed by atoms with Crippen molar-refractivity contribution in [2.75, 3.05) is 19.6 Å². The summed E-state index contributed by atoms with van der Waals surface area (Å²) in [5.41, 5.74) is -0.472. The molecule has 1 atom stereocenters. The Balaban J connectivity index is 2.35. The first kappa shape index (κ1) is 18.0. The second kappa shape index (κ2) is 7.78. The zero-order valence-corrected chi connectivity index (χ0v) is 14.2. The molecule has 122 valence electrons. The van der Waals surface area contributed by atoms with E-state index in [1.165, 1.54) is 6.42 Å². The number of nitrogens with one attached hydrogen (secondary N) is 2. The standard InChI is InChI=1S/C16H31N3O2/c1-6-9-19-10-7-13(8-11-19)18-14(20)12(2)17-15(21)16(3,4)5/h12-13H,6-11H2,1-5H3,(H,17,21)(H,18,20). The molecule has 0 aromatic heterocycles. The number of hydrogen-bond donors (Lipinski definition) is 2. The summed E-state index contributed by atoms with van der Waals surface area (Å²) in [5, 5.41) is 5.83. The van der Waals surface area contributed by atoms with Gasteiger partial charge in [0.05, 0.1) is 0 Å². The van der Waals surface area contributed by atoms with Gasteiger partial charge in [0.15, 0.2) is 0 Å². The summed E-state index contributed by atoms with van der Waals surface area (Å²) in [4.78, 5) is 26.5. The lowest BCUT2D eigenvalue weighted by Gasteiger charge is -2.32. The van der Waals surface area contributed by atoms with Crippen LogP contribution in [-0.4, -0.2) is 48.4 Å². The van der Waals surface area contributed by atoms with Crippen molar-refractivity contribution in [2.45, 2.75) is 66.0 Å². The van der Waals surface area contributed by atoms with E-state index in [0.717, 1.165) is 32.5 Å². The summed E-state index contributed by atoms with van der Waals surface area (Å²) in [6.07, 6.45) is 3.16. The quantitative estimate of drug-likeness (QED) is 0.809. The maximum Gasteiger partial charge on any atom is 0.242 e. The Labute approximate surface area is 128 Å². The van der Waals surface area contributed by atoms with Gasteiger partial charge < -0.3 is 15.5 Å². The van der Waals surface area contributed by atoms with Crippen LogP contribution in [0.5, 0.6) is 0 Å². The van der Waals surface area contributed by atoms with Crippen LogP contribution in [0.25, 0.3) is 0 Å². The second-order valence-corrected chi connectivity index (χ2v) is 7.07. The molecule has 1 saturated heterocycles. The molecule has 0 aromatic rings. The summed E-state index contributed by atoms with van der Waals surface area (Å²) >= 11 is 0. The molecular formula is C16H31N3O2. The third-order valence-corrected chi connectivity index (χ3v) is 3.90. The maximum absolute atomic E-state index is 12.1. The largest absolute Gasteiger partial charge is 0.351 e. The van der Waals surface area contributed by atoms with E-state index in [9.17, 15) is 9.59 Å². The van der Waals surface area contributed by atoms with Gasteiger partial charge in [-0.25, -0.2) is 0 Å². The van der Waals surface area contributed by atoms with Crippen LogP contribution in [0.3, 0.4) is 0 Å². The maximum atomic E-state index is 12.1. The third kappa shape index (κ3) is 6.04. The highest BCUT2D eigenvalue weighted by molar-refractivity contribution is 5.89. The number of likely N-dealkylation sites (tertiary alicyclic amines) is 1. The molecule has 1 unspecified atom stereocenters. The van der Waals surface area contributed by atoms with E-state index < -0.39 is 11.5 Å². The minimum Gasteiger partial charge on any atom is -0.351 e. The van der Waals surface area contributed by atoms with Crippen LogP contribution in [0, 0.1) is 5.41 Å². The Hall–Kier alpha value is -1.10. The number of amides is 2. The first-order valence-electron chi connectivity index (χ1n) is 8.07. The summed E-state index contributed by atoms with van der Waals surface area (Å²) in [7, 11) is 0. The lowest BCUT2D eigenvalue weighted by Crippen LogP contribution is -2.52. The summed E-state index contributed by atoms with van der Waals surface area (Å²) in [5.74, 6) is -0.176. The topological polar surface area (TPSA) is 61.4 Å². The number of hydrogen-bond acceptors (Lipinski definition) is 3. The van der Waals surface area contributed by atoms with Crippen molar-refractivity contribution in [1.29, 1.82) is 0 Å². The van der Waals surface area contributed by atoms with E-state index in [2.05, 4.69) is 22.5 Å². The molecule has 5 nitrogen and oxygen atoms in total. The van der Waals surface area contributed by atoms with Crippen LogP contribution in [-0.2, 0) is 9.59 Å². The molecular weight excluding hydrogens is 266 g/mol. The lowest BCUT2D eigenvalue weighted by molar-refractivity contribution is -0.133. The SMILES string of the molecule is CCCN1CCC(NC(=O)C(C)NC(=O)C(C)(C)C)CC1. The van der Waals surface area contributed by atoms with Crippen LogP contribution in [0.4, 0.5) is 0 Å². The summed E-state index contributed by atoms with van der Waals surface area (Å²) in [6, 6.07) is -0.245. The average Bonchev–Trinajstić information content (AvgIpc) is 2.40. The van der Waals surface area contributed by atoms with Crippen LogP contribution < -0.4 is 10.6 Å².